The summed E-state index contributed by atoms with van der Waals surface area (Å²) >= 11 is 5.91. The Morgan fingerprint density at radius 1 is 1.10 bits per heavy atom. The molecule has 4 rings (SSSR count). The molecule has 1 atom stereocenters. The zero-order valence-corrected chi connectivity index (χ0v) is 18.4. The maximum Gasteiger partial charge on any atom is 0.222 e. The summed E-state index contributed by atoms with van der Waals surface area (Å²) in [5.41, 5.74) is 2.86. The van der Waals surface area contributed by atoms with Crippen molar-refractivity contribution < 1.29 is 19.3 Å². The third kappa shape index (κ3) is 4.53. The number of rotatable bonds is 7. The van der Waals surface area contributed by atoms with Crippen LogP contribution < -0.4 is 14.5 Å². The summed E-state index contributed by atoms with van der Waals surface area (Å²) in [6.45, 7) is 9.86. The molecule has 30 heavy (non-hydrogen) atoms. The van der Waals surface area contributed by atoms with E-state index in [1.54, 1.807) is 0 Å². The van der Waals surface area contributed by atoms with Gasteiger partial charge in [-0.15, -0.1) is 0 Å². The predicted octanol–water partition coefficient (Wildman–Crippen LogP) is 1.56. The maximum atomic E-state index is 13.3. The average Bonchev–Trinajstić information content (AvgIpc) is 3.10. The topological polar surface area (TPSA) is 51.0 Å². The zero-order chi connectivity index (χ0) is 21.1. The number of aryl methyl sites for hydroxylation is 1. The molecule has 158 valence electrons. The number of fused-ring (bicyclic) bond motifs is 1. The number of Topliss-reactive ketones (excluding diaryl/α,β-unsaturated/α-hetero) is 1. The SMILES string of the molecule is Cc1[nH]c2ccccc2c1C(=O)[C@H](C)[NH+]1CC[NH+](CCOc2ccc(Cl)cc2)CC1. The molecule has 0 bridgehead atoms. The first kappa shape index (κ1) is 20.9. The highest BCUT2D eigenvalue weighted by Crippen LogP contribution is 2.22. The van der Waals surface area contributed by atoms with Gasteiger partial charge >= 0.3 is 0 Å². The van der Waals surface area contributed by atoms with Crippen LogP contribution in [-0.2, 0) is 0 Å². The van der Waals surface area contributed by atoms with Gasteiger partial charge in [0.05, 0.1) is 5.56 Å². The molecule has 2 aromatic carbocycles. The Morgan fingerprint density at radius 2 is 1.80 bits per heavy atom. The molecule has 3 aromatic rings. The first-order valence-corrected chi connectivity index (χ1v) is 11.1. The van der Waals surface area contributed by atoms with Crippen LogP contribution >= 0.6 is 11.6 Å². The van der Waals surface area contributed by atoms with Crippen molar-refractivity contribution in [3.63, 3.8) is 0 Å². The van der Waals surface area contributed by atoms with Gasteiger partial charge in [0.25, 0.3) is 0 Å². The van der Waals surface area contributed by atoms with Gasteiger partial charge in [-0.25, -0.2) is 0 Å². The molecule has 5 nitrogen and oxygen atoms in total. The summed E-state index contributed by atoms with van der Waals surface area (Å²) < 4.78 is 5.84. The lowest BCUT2D eigenvalue weighted by molar-refractivity contribution is -1.02. The van der Waals surface area contributed by atoms with E-state index < -0.39 is 0 Å². The molecule has 0 spiro atoms. The summed E-state index contributed by atoms with van der Waals surface area (Å²) in [5.74, 6) is 1.10. The molecule has 1 saturated heterocycles. The van der Waals surface area contributed by atoms with Crippen LogP contribution in [0.4, 0.5) is 0 Å². The number of H-pyrrole nitrogens is 1. The summed E-state index contributed by atoms with van der Waals surface area (Å²) in [6, 6.07) is 15.5. The van der Waals surface area contributed by atoms with Crippen molar-refractivity contribution in [2.75, 3.05) is 39.3 Å². The number of hydrogen-bond acceptors (Lipinski definition) is 2. The van der Waals surface area contributed by atoms with Crippen LogP contribution in [0, 0.1) is 6.92 Å². The molecule has 0 radical (unpaired) electrons. The Balaban J connectivity index is 1.29. The van der Waals surface area contributed by atoms with E-state index in [1.807, 2.05) is 55.5 Å². The van der Waals surface area contributed by atoms with E-state index in [9.17, 15) is 4.79 Å². The van der Waals surface area contributed by atoms with Crippen LogP contribution in [0.2, 0.25) is 5.02 Å². The van der Waals surface area contributed by atoms with Gasteiger partial charge in [-0.1, -0.05) is 29.8 Å². The molecule has 2 heterocycles. The van der Waals surface area contributed by atoms with Crippen molar-refractivity contribution in [1.29, 1.82) is 0 Å². The number of piperazine rings is 1. The Kier molecular flexibility index (Phi) is 6.42. The highest BCUT2D eigenvalue weighted by atomic mass is 35.5. The van der Waals surface area contributed by atoms with Crippen LogP contribution in [0.3, 0.4) is 0 Å². The number of benzene rings is 2. The van der Waals surface area contributed by atoms with E-state index in [0.29, 0.717) is 6.61 Å². The number of halogens is 1. The molecule has 0 aliphatic carbocycles. The molecule has 6 heteroatoms. The number of quaternary nitrogens is 2. The highest BCUT2D eigenvalue weighted by Gasteiger charge is 2.33. The van der Waals surface area contributed by atoms with Gasteiger partial charge in [0.1, 0.15) is 51.1 Å². The summed E-state index contributed by atoms with van der Waals surface area (Å²) in [7, 11) is 0. The smallest absolute Gasteiger partial charge is 0.222 e. The largest absolute Gasteiger partial charge is 0.488 e. The van der Waals surface area contributed by atoms with Crippen molar-refractivity contribution in [3.05, 3.63) is 64.8 Å². The van der Waals surface area contributed by atoms with Gasteiger partial charge < -0.3 is 19.5 Å². The molecule has 1 aromatic heterocycles. The molecule has 0 saturated carbocycles. The molecule has 0 amide bonds. The molecule has 0 unspecified atom stereocenters. The van der Waals surface area contributed by atoms with Gasteiger partial charge in [-0.3, -0.25) is 4.79 Å². The quantitative estimate of drug-likeness (QED) is 0.501. The molecule has 1 fully saturated rings. The van der Waals surface area contributed by atoms with Gasteiger partial charge in [0.2, 0.25) is 5.78 Å². The van der Waals surface area contributed by atoms with E-state index >= 15 is 0 Å². The summed E-state index contributed by atoms with van der Waals surface area (Å²) in [6.07, 6.45) is 0. The normalized spacial score (nSPS) is 20.2. The number of nitrogens with one attached hydrogen (secondary N) is 3. The van der Waals surface area contributed by atoms with Crippen LogP contribution in [0.5, 0.6) is 5.75 Å². The van der Waals surface area contributed by atoms with Gasteiger partial charge in [-0.2, -0.15) is 0 Å². The second-order valence-corrected chi connectivity index (χ2v) is 8.65. The molecule has 1 aliphatic heterocycles. The second kappa shape index (κ2) is 9.21. The van der Waals surface area contributed by atoms with E-state index in [1.165, 1.54) is 9.80 Å². The minimum absolute atomic E-state index is 0.0326. The lowest BCUT2D eigenvalue weighted by Crippen LogP contribution is -3.30. The van der Waals surface area contributed by atoms with Crippen molar-refractivity contribution in [1.82, 2.24) is 4.98 Å². The lowest BCUT2D eigenvalue weighted by atomic mass is 10.0. The molecular weight excluding hydrogens is 398 g/mol. The standard InChI is InChI=1S/C24H28ClN3O2/c1-17-23(21-5-3-4-6-22(21)26-17)24(29)18(2)28-13-11-27(12-14-28)15-16-30-20-9-7-19(25)8-10-20/h3-10,18,26H,11-16H2,1-2H3/p+2/t18-/m0/s1. The number of ketones is 1. The van der Waals surface area contributed by atoms with Crippen LogP contribution in [-0.4, -0.2) is 56.1 Å². The lowest BCUT2D eigenvalue weighted by Gasteiger charge is -2.32. The van der Waals surface area contributed by atoms with E-state index in [2.05, 4.69) is 11.9 Å². The first-order chi connectivity index (χ1) is 14.5. The first-order valence-electron chi connectivity index (χ1n) is 10.7. The monoisotopic (exact) mass is 427 g/mol. The van der Waals surface area contributed by atoms with Gasteiger partial charge in [0, 0.05) is 21.6 Å². The highest BCUT2D eigenvalue weighted by molar-refractivity contribution is 6.30. The van der Waals surface area contributed by atoms with E-state index in [0.717, 1.165) is 65.7 Å². The fraction of sp³-hybridized carbons (Fsp3) is 0.375. The number of para-hydroxylation sites is 1. The van der Waals surface area contributed by atoms with Gasteiger partial charge in [0.15, 0.2) is 0 Å². The molecule has 3 N–H and O–H groups in total. The third-order valence-electron chi connectivity index (χ3n) is 6.28. The van der Waals surface area contributed by atoms with Crippen molar-refractivity contribution in [3.8, 4) is 5.75 Å². The Morgan fingerprint density at radius 3 is 2.53 bits per heavy atom. The molecular formula is C24H30ClN3O2+2. The average molecular weight is 428 g/mol. The number of aromatic amines is 1. The zero-order valence-electron chi connectivity index (χ0n) is 17.6. The summed E-state index contributed by atoms with van der Waals surface area (Å²) in [5, 5.41) is 1.76. The third-order valence-corrected chi connectivity index (χ3v) is 6.53. The van der Waals surface area contributed by atoms with Crippen LogP contribution in [0.25, 0.3) is 10.9 Å². The predicted molar refractivity (Wildman–Crippen MR) is 120 cm³/mol. The van der Waals surface area contributed by atoms with Crippen molar-refractivity contribution >= 4 is 28.3 Å². The number of aromatic nitrogens is 1. The van der Waals surface area contributed by atoms with E-state index in [-0.39, 0.29) is 11.8 Å². The Labute approximate surface area is 182 Å². The number of ether oxygens (including phenoxy) is 1. The van der Waals surface area contributed by atoms with Crippen LogP contribution in [0.15, 0.2) is 48.5 Å². The van der Waals surface area contributed by atoms with E-state index in [4.69, 9.17) is 16.3 Å². The maximum absolute atomic E-state index is 13.3. The number of hydrogen-bond donors (Lipinski definition) is 3. The number of carbonyl (C=O) groups is 1. The van der Waals surface area contributed by atoms with Crippen molar-refractivity contribution in [2.45, 2.75) is 19.9 Å². The number of carbonyl (C=O) groups excluding carboxylic acids is 1. The Hall–Kier alpha value is -2.34. The van der Waals surface area contributed by atoms with Gasteiger partial charge in [-0.05, 0) is 44.2 Å². The summed E-state index contributed by atoms with van der Waals surface area (Å²) in [4.78, 5) is 19.6. The minimum atomic E-state index is -0.0326. The molecule has 1 aliphatic rings. The Bertz CT molecular complexity index is 1010. The van der Waals surface area contributed by atoms with Crippen molar-refractivity contribution in [2.24, 2.45) is 0 Å². The fourth-order valence-electron chi connectivity index (χ4n) is 4.45. The van der Waals surface area contributed by atoms with Crippen LogP contribution in [0.1, 0.15) is 23.0 Å². The second-order valence-electron chi connectivity index (χ2n) is 8.22. The minimum Gasteiger partial charge on any atom is -0.488 e. The fourth-order valence-corrected chi connectivity index (χ4v) is 4.57.